The van der Waals surface area contributed by atoms with E-state index in [1.165, 1.54) is 11.3 Å². The van der Waals surface area contributed by atoms with E-state index in [1.807, 2.05) is 5.38 Å². The van der Waals surface area contributed by atoms with Crippen LogP contribution in [0.5, 0.6) is 0 Å². The van der Waals surface area contributed by atoms with Crippen molar-refractivity contribution in [2.24, 2.45) is 5.73 Å². The third kappa shape index (κ3) is 2.15. The highest BCUT2D eigenvalue weighted by atomic mass is 32.1. The van der Waals surface area contributed by atoms with E-state index < -0.39 is 0 Å². The van der Waals surface area contributed by atoms with Gasteiger partial charge in [-0.05, 0) is 0 Å². The molecule has 0 saturated heterocycles. The molecule has 8 heteroatoms. The number of aromatic nitrogens is 5. The zero-order chi connectivity index (χ0) is 12.4. The first-order chi connectivity index (χ1) is 8.83. The Morgan fingerprint density at radius 1 is 1.50 bits per heavy atom. The van der Waals surface area contributed by atoms with E-state index in [4.69, 9.17) is 10.3 Å². The number of hydrogen-bond acceptors (Lipinski definition) is 7. The predicted octanol–water partition coefficient (Wildman–Crippen LogP) is 1.16. The topological polar surface area (TPSA) is 107 Å². The Morgan fingerprint density at radius 3 is 3.17 bits per heavy atom. The van der Waals surface area contributed by atoms with Gasteiger partial charge in [-0.1, -0.05) is 5.16 Å². The van der Waals surface area contributed by atoms with E-state index in [0.717, 1.165) is 5.69 Å². The highest BCUT2D eigenvalue weighted by Crippen LogP contribution is 2.19. The quantitative estimate of drug-likeness (QED) is 0.730. The Bertz CT molecular complexity index is 602. The molecule has 7 nitrogen and oxygen atoms in total. The lowest BCUT2D eigenvalue weighted by Crippen LogP contribution is -2.13. The van der Waals surface area contributed by atoms with Crippen molar-refractivity contribution in [2.45, 2.75) is 12.5 Å². The summed E-state index contributed by atoms with van der Waals surface area (Å²) in [6.45, 7) is 0. The molecule has 0 aliphatic carbocycles. The molecule has 3 aromatic heterocycles. The van der Waals surface area contributed by atoms with Gasteiger partial charge in [0, 0.05) is 23.7 Å². The Balaban J connectivity index is 1.77. The first-order valence-corrected chi connectivity index (χ1v) is 6.22. The van der Waals surface area contributed by atoms with E-state index in [1.54, 1.807) is 18.0 Å². The lowest BCUT2D eigenvalue weighted by molar-refractivity contribution is 0.354. The SMILES string of the molecule is N[C@@H](Cc1cnc[nH]1)c1nc(-c2cscn2)no1. The van der Waals surface area contributed by atoms with Crippen LogP contribution >= 0.6 is 11.3 Å². The molecule has 3 N–H and O–H groups in total. The summed E-state index contributed by atoms with van der Waals surface area (Å²) in [5, 5.41) is 5.72. The van der Waals surface area contributed by atoms with Crippen molar-refractivity contribution in [3.63, 3.8) is 0 Å². The minimum absolute atomic E-state index is 0.356. The number of aromatic amines is 1. The van der Waals surface area contributed by atoms with Gasteiger partial charge < -0.3 is 15.2 Å². The number of nitrogens with zero attached hydrogens (tertiary/aromatic N) is 4. The average molecular weight is 262 g/mol. The summed E-state index contributed by atoms with van der Waals surface area (Å²) in [4.78, 5) is 15.3. The molecule has 18 heavy (non-hydrogen) atoms. The second kappa shape index (κ2) is 4.67. The molecule has 3 rings (SSSR count). The fraction of sp³-hybridized carbons (Fsp3) is 0.200. The number of thiazole rings is 1. The van der Waals surface area contributed by atoms with Crippen LogP contribution in [0.2, 0.25) is 0 Å². The number of nitrogens with two attached hydrogens (primary N) is 1. The number of H-pyrrole nitrogens is 1. The van der Waals surface area contributed by atoms with Crippen molar-refractivity contribution >= 4 is 11.3 Å². The molecule has 0 aliphatic heterocycles. The number of hydrogen-bond donors (Lipinski definition) is 2. The van der Waals surface area contributed by atoms with Gasteiger partial charge in [-0.15, -0.1) is 11.3 Å². The minimum Gasteiger partial charge on any atom is -0.348 e. The summed E-state index contributed by atoms with van der Waals surface area (Å²) >= 11 is 1.48. The zero-order valence-corrected chi connectivity index (χ0v) is 10.1. The van der Waals surface area contributed by atoms with Crippen molar-refractivity contribution in [3.8, 4) is 11.5 Å². The molecular weight excluding hydrogens is 252 g/mol. The van der Waals surface area contributed by atoms with Crippen LogP contribution < -0.4 is 5.73 Å². The molecule has 1 atom stereocenters. The monoisotopic (exact) mass is 262 g/mol. The van der Waals surface area contributed by atoms with E-state index >= 15 is 0 Å². The molecule has 0 unspecified atom stereocenters. The van der Waals surface area contributed by atoms with Gasteiger partial charge in [0.15, 0.2) is 0 Å². The standard InChI is InChI=1S/C10H10N6OS/c11-7(1-6-2-12-4-13-6)10-15-9(16-17-10)8-3-18-5-14-8/h2-5,7H,1,11H2,(H,12,13)/t7-/m0/s1. The van der Waals surface area contributed by atoms with Crippen LogP contribution in [0.25, 0.3) is 11.5 Å². The minimum atomic E-state index is -0.356. The number of rotatable bonds is 4. The van der Waals surface area contributed by atoms with Crippen LogP contribution in [0.1, 0.15) is 17.6 Å². The Hall–Kier alpha value is -2.06. The molecule has 0 bridgehead atoms. The van der Waals surface area contributed by atoms with Crippen molar-refractivity contribution in [3.05, 3.63) is 35.0 Å². The zero-order valence-electron chi connectivity index (χ0n) is 9.28. The third-order valence-electron chi connectivity index (χ3n) is 2.42. The second-order valence-electron chi connectivity index (χ2n) is 3.72. The highest BCUT2D eigenvalue weighted by molar-refractivity contribution is 7.07. The van der Waals surface area contributed by atoms with E-state index in [9.17, 15) is 0 Å². The average Bonchev–Trinajstić information content (AvgIpc) is 3.11. The first-order valence-electron chi connectivity index (χ1n) is 5.28. The van der Waals surface area contributed by atoms with Crippen LogP contribution in [0, 0.1) is 0 Å². The molecule has 0 spiro atoms. The van der Waals surface area contributed by atoms with Crippen LogP contribution in [-0.4, -0.2) is 25.1 Å². The normalized spacial score (nSPS) is 12.7. The molecule has 0 aromatic carbocycles. The highest BCUT2D eigenvalue weighted by Gasteiger charge is 2.17. The van der Waals surface area contributed by atoms with E-state index in [2.05, 4.69) is 25.1 Å². The summed E-state index contributed by atoms with van der Waals surface area (Å²) < 4.78 is 5.14. The van der Waals surface area contributed by atoms with Gasteiger partial charge in [-0.3, -0.25) is 0 Å². The lowest BCUT2D eigenvalue weighted by atomic mass is 10.2. The predicted molar refractivity (Wildman–Crippen MR) is 64.6 cm³/mol. The van der Waals surface area contributed by atoms with Gasteiger partial charge in [0.25, 0.3) is 0 Å². The fourth-order valence-corrected chi connectivity index (χ4v) is 2.06. The van der Waals surface area contributed by atoms with Gasteiger partial charge in [0.2, 0.25) is 11.7 Å². The number of imidazole rings is 1. The van der Waals surface area contributed by atoms with Gasteiger partial charge in [-0.2, -0.15) is 4.98 Å². The van der Waals surface area contributed by atoms with Crippen LogP contribution in [0.4, 0.5) is 0 Å². The van der Waals surface area contributed by atoms with Gasteiger partial charge in [-0.25, -0.2) is 9.97 Å². The van der Waals surface area contributed by atoms with Crippen molar-refractivity contribution in [2.75, 3.05) is 0 Å². The molecule has 3 heterocycles. The van der Waals surface area contributed by atoms with Crippen LogP contribution in [-0.2, 0) is 6.42 Å². The first kappa shape index (κ1) is 11.1. The molecule has 92 valence electrons. The Kier molecular flexibility index (Phi) is 2.87. The van der Waals surface area contributed by atoms with Gasteiger partial charge >= 0.3 is 0 Å². The van der Waals surface area contributed by atoms with E-state index in [-0.39, 0.29) is 6.04 Å². The molecule has 0 fully saturated rings. The Labute approximate surface area is 106 Å². The molecule has 0 radical (unpaired) electrons. The van der Waals surface area contributed by atoms with Crippen LogP contribution in [0.3, 0.4) is 0 Å². The maximum Gasteiger partial charge on any atom is 0.244 e. The molecular formula is C10H10N6OS. The fourth-order valence-electron chi connectivity index (χ4n) is 1.53. The second-order valence-corrected chi connectivity index (χ2v) is 4.44. The summed E-state index contributed by atoms with van der Waals surface area (Å²) in [6.07, 6.45) is 3.90. The summed E-state index contributed by atoms with van der Waals surface area (Å²) in [5.41, 5.74) is 9.33. The third-order valence-corrected chi connectivity index (χ3v) is 3.00. The molecule has 3 aromatic rings. The van der Waals surface area contributed by atoms with Gasteiger partial charge in [0.1, 0.15) is 5.69 Å². The van der Waals surface area contributed by atoms with Crippen molar-refractivity contribution < 1.29 is 4.52 Å². The largest absolute Gasteiger partial charge is 0.348 e. The van der Waals surface area contributed by atoms with Gasteiger partial charge in [0.05, 0.1) is 17.9 Å². The molecule has 0 amide bonds. The lowest BCUT2D eigenvalue weighted by Gasteiger charge is -2.03. The maximum atomic E-state index is 5.99. The number of nitrogens with one attached hydrogen (secondary N) is 1. The summed E-state index contributed by atoms with van der Waals surface area (Å²) in [7, 11) is 0. The smallest absolute Gasteiger partial charge is 0.244 e. The maximum absolute atomic E-state index is 5.99. The summed E-state index contributed by atoms with van der Waals surface area (Å²) in [5.74, 6) is 0.860. The summed E-state index contributed by atoms with van der Waals surface area (Å²) in [6, 6.07) is -0.356. The van der Waals surface area contributed by atoms with Crippen molar-refractivity contribution in [1.29, 1.82) is 0 Å². The Morgan fingerprint density at radius 2 is 2.44 bits per heavy atom. The van der Waals surface area contributed by atoms with Crippen LogP contribution in [0.15, 0.2) is 27.9 Å². The van der Waals surface area contributed by atoms with E-state index in [0.29, 0.717) is 23.8 Å². The van der Waals surface area contributed by atoms with Crippen molar-refractivity contribution in [1.82, 2.24) is 25.1 Å². The molecule has 0 aliphatic rings. The molecule has 0 saturated carbocycles.